The monoisotopic (exact) mass is 558 g/mol. The van der Waals surface area contributed by atoms with Crippen LogP contribution >= 0.6 is 0 Å². The zero-order valence-electron chi connectivity index (χ0n) is 25.8. The molecule has 0 saturated heterocycles. The van der Waals surface area contributed by atoms with E-state index in [1.165, 1.54) is 110 Å². The molecule has 2 nitrogen and oxygen atoms in total. The Balaban J connectivity index is 1.49. The van der Waals surface area contributed by atoms with E-state index < -0.39 is 0 Å². The van der Waals surface area contributed by atoms with Gasteiger partial charge in [0.1, 0.15) is 0 Å². The van der Waals surface area contributed by atoms with Gasteiger partial charge in [0.25, 0.3) is 6.71 Å². The van der Waals surface area contributed by atoms with Crippen LogP contribution in [0, 0.1) is 27.7 Å². The van der Waals surface area contributed by atoms with Crippen molar-refractivity contribution in [1.82, 2.24) is 0 Å². The highest BCUT2D eigenvalue weighted by molar-refractivity contribution is 7.00. The van der Waals surface area contributed by atoms with Crippen molar-refractivity contribution in [2.45, 2.75) is 65.7 Å². The Morgan fingerprint density at radius 1 is 0.512 bits per heavy atom. The second kappa shape index (κ2) is 10.2. The molecule has 0 atom stereocenters. The minimum absolute atomic E-state index is 0.178. The van der Waals surface area contributed by atoms with Crippen molar-refractivity contribution in [3.05, 3.63) is 125 Å². The molecule has 1 fully saturated rings. The maximum atomic E-state index is 2.58. The summed E-state index contributed by atoms with van der Waals surface area (Å²) in [4.78, 5) is 5.14. The molecule has 1 saturated carbocycles. The van der Waals surface area contributed by atoms with Gasteiger partial charge < -0.3 is 9.80 Å². The average Bonchev–Trinajstić information content (AvgIpc) is 3.01. The first-order chi connectivity index (χ1) is 21.0. The molecule has 0 bridgehead atoms. The van der Waals surface area contributed by atoms with Crippen LogP contribution in [0.4, 0.5) is 34.1 Å². The quantitative estimate of drug-likeness (QED) is 0.200. The summed E-state index contributed by atoms with van der Waals surface area (Å²) in [5.74, 6) is 0.603. The van der Waals surface area contributed by atoms with Crippen molar-refractivity contribution >= 4 is 57.2 Å². The fraction of sp³-hybridized carbons (Fsp3) is 0.250. The number of nitrogens with zero attached hydrogens (tertiary/aromatic N) is 2. The highest BCUT2D eigenvalue weighted by Crippen LogP contribution is 2.47. The summed E-state index contributed by atoms with van der Waals surface area (Å²) < 4.78 is 0. The SMILES string of the molecule is Cc1cc(C)cc(N2c3ccc(C)cc3B3c4cc(C)ccc4N(c4ccccc4)c4cc(C5CCCCC5)cc2c43)c1. The molecule has 0 amide bonds. The number of fused-ring (bicyclic) bond motifs is 4. The van der Waals surface area contributed by atoms with Gasteiger partial charge in [-0.15, -0.1) is 0 Å². The van der Waals surface area contributed by atoms with Crippen LogP contribution in [-0.2, 0) is 0 Å². The number of hydrogen-bond acceptors (Lipinski definition) is 2. The van der Waals surface area contributed by atoms with Crippen LogP contribution < -0.4 is 26.2 Å². The summed E-state index contributed by atoms with van der Waals surface area (Å²) in [5, 5.41) is 0. The van der Waals surface area contributed by atoms with E-state index in [0.29, 0.717) is 5.92 Å². The second-order valence-corrected chi connectivity index (χ2v) is 13.2. The van der Waals surface area contributed by atoms with Gasteiger partial charge in [-0.2, -0.15) is 0 Å². The minimum Gasteiger partial charge on any atom is -0.311 e. The molecular formula is C40H39BN2. The Labute approximate surface area is 257 Å². The third-order valence-electron chi connectivity index (χ3n) is 9.95. The Morgan fingerprint density at radius 3 is 1.65 bits per heavy atom. The summed E-state index contributed by atoms with van der Waals surface area (Å²) >= 11 is 0. The smallest absolute Gasteiger partial charge is 0.252 e. The predicted octanol–water partition coefficient (Wildman–Crippen LogP) is 9.05. The Hall–Kier alpha value is -4.24. The zero-order chi connectivity index (χ0) is 29.2. The largest absolute Gasteiger partial charge is 0.311 e. The summed E-state index contributed by atoms with van der Waals surface area (Å²) in [7, 11) is 0. The second-order valence-electron chi connectivity index (χ2n) is 13.2. The fourth-order valence-electron chi connectivity index (χ4n) is 8.15. The zero-order valence-corrected chi connectivity index (χ0v) is 25.8. The van der Waals surface area contributed by atoms with Gasteiger partial charge in [0.2, 0.25) is 0 Å². The number of anilines is 6. The van der Waals surface area contributed by atoms with Gasteiger partial charge in [-0.3, -0.25) is 0 Å². The van der Waals surface area contributed by atoms with Crippen molar-refractivity contribution in [3.63, 3.8) is 0 Å². The van der Waals surface area contributed by atoms with Crippen molar-refractivity contribution < 1.29 is 0 Å². The number of aryl methyl sites for hydroxylation is 4. The summed E-state index contributed by atoms with van der Waals surface area (Å²) in [6.07, 6.45) is 6.57. The summed E-state index contributed by atoms with van der Waals surface area (Å²) in [6.45, 7) is 9.10. The van der Waals surface area contributed by atoms with Crippen LogP contribution in [0.2, 0.25) is 0 Å². The molecule has 2 heterocycles. The van der Waals surface area contributed by atoms with Crippen LogP contribution in [0.3, 0.4) is 0 Å². The molecule has 3 aliphatic rings. The topological polar surface area (TPSA) is 6.48 Å². The molecular weight excluding hydrogens is 519 g/mol. The number of para-hydroxylation sites is 1. The van der Waals surface area contributed by atoms with E-state index in [2.05, 4.69) is 135 Å². The van der Waals surface area contributed by atoms with E-state index in [9.17, 15) is 0 Å². The lowest BCUT2D eigenvalue weighted by Gasteiger charge is -2.45. The lowest BCUT2D eigenvalue weighted by molar-refractivity contribution is 0.444. The van der Waals surface area contributed by atoms with Crippen LogP contribution in [0.1, 0.15) is 65.8 Å². The summed E-state index contributed by atoms with van der Waals surface area (Å²) in [5.41, 5.74) is 18.7. The van der Waals surface area contributed by atoms with E-state index >= 15 is 0 Å². The molecule has 43 heavy (non-hydrogen) atoms. The third-order valence-corrected chi connectivity index (χ3v) is 9.95. The van der Waals surface area contributed by atoms with Gasteiger partial charge in [0, 0.05) is 34.1 Å². The molecule has 0 aromatic heterocycles. The first-order valence-electron chi connectivity index (χ1n) is 16.1. The highest BCUT2D eigenvalue weighted by atomic mass is 15.2. The van der Waals surface area contributed by atoms with Crippen molar-refractivity contribution in [2.75, 3.05) is 9.80 Å². The average molecular weight is 559 g/mol. The van der Waals surface area contributed by atoms with Gasteiger partial charge in [-0.1, -0.05) is 78.9 Å². The lowest BCUT2D eigenvalue weighted by atomic mass is 9.33. The van der Waals surface area contributed by atoms with Crippen molar-refractivity contribution in [2.24, 2.45) is 0 Å². The molecule has 5 aromatic carbocycles. The predicted molar refractivity (Wildman–Crippen MR) is 185 cm³/mol. The minimum atomic E-state index is 0.178. The van der Waals surface area contributed by atoms with Gasteiger partial charge in [0.15, 0.2) is 0 Å². The number of rotatable bonds is 3. The maximum Gasteiger partial charge on any atom is 0.252 e. The van der Waals surface area contributed by atoms with Gasteiger partial charge in [-0.05, 0) is 128 Å². The van der Waals surface area contributed by atoms with E-state index in [0.717, 1.165) is 0 Å². The van der Waals surface area contributed by atoms with Crippen LogP contribution in [0.25, 0.3) is 0 Å². The molecule has 5 aromatic rings. The maximum absolute atomic E-state index is 2.58. The Morgan fingerprint density at radius 2 is 1.07 bits per heavy atom. The Kier molecular flexibility index (Phi) is 6.26. The van der Waals surface area contributed by atoms with E-state index in [4.69, 9.17) is 0 Å². The first kappa shape index (κ1) is 26.4. The summed E-state index contributed by atoms with van der Waals surface area (Å²) in [6, 6.07) is 37.4. The van der Waals surface area contributed by atoms with Gasteiger partial charge >= 0.3 is 0 Å². The molecule has 0 unspecified atom stereocenters. The van der Waals surface area contributed by atoms with Crippen LogP contribution in [0.5, 0.6) is 0 Å². The molecule has 2 aliphatic heterocycles. The van der Waals surface area contributed by atoms with Crippen molar-refractivity contribution in [1.29, 1.82) is 0 Å². The molecule has 8 rings (SSSR count). The molecule has 0 N–H and O–H groups in total. The van der Waals surface area contributed by atoms with E-state index in [1.54, 1.807) is 0 Å². The molecule has 3 heteroatoms. The molecule has 212 valence electrons. The molecule has 1 aliphatic carbocycles. The Bertz CT molecular complexity index is 1850. The number of benzene rings is 5. The standard InChI is InChI=1S/C40H39BN2/c1-26-15-17-36-34(22-26)41-35-23-27(2)16-18-37(35)43(33-20-28(3)19-29(4)21-33)39-25-31(30-11-7-5-8-12-30)24-38(40(39)41)42(36)32-13-9-6-10-14-32/h6,9-10,13-25,30H,5,7-8,11-12H2,1-4H3. The van der Waals surface area contributed by atoms with Crippen LogP contribution in [-0.4, -0.2) is 6.71 Å². The van der Waals surface area contributed by atoms with Gasteiger partial charge in [-0.25, -0.2) is 0 Å². The first-order valence-corrected chi connectivity index (χ1v) is 16.1. The van der Waals surface area contributed by atoms with E-state index in [1.807, 2.05) is 0 Å². The molecule has 0 radical (unpaired) electrons. The number of hydrogen-bond donors (Lipinski definition) is 0. The highest BCUT2D eigenvalue weighted by Gasteiger charge is 2.44. The molecule has 0 spiro atoms. The lowest BCUT2D eigenvalue weighted by Crippen LogP contribution is -2.61. The van der Waals surface area contributed by atoms with Crippen molar-refractivity contribution in [3.8, 4) is 0 Å². The van der Waals surface area contributed by atoms with E-state index in [-0.39, 0.29) is 6.71 Å². The van der Waals surface area contributed by atoms with Crippen LogP contribution in [0.15, 0.2) is 97.1 Å². The fourth-order valence-corrected chi connectivity index (χ4v) is 8.15. The third kappa shape index (κ3) is 4.32. The van der Waals surface area contributed by atoms with Gasteiger partial charge in [0.05, 0.1) is 0 Å². The normalized spacial score (nSPS) is 15.7.